The van der Waals surface area contributed by atoms with E-state index in [-0.39, 0.29) is 41.7 Å². The normalized spacial score (nSPS) is 29.7. The van der Waals surface area contributed by atoms with Gasteiger partial charge in [0.15, 0.2) is 12.0 Å². The second-order valence-corrected chi connectivity index (χ2v) is 4.86. The first-order valence-corrected chi connectivity index (χ1v) is 6.67. The van der Waals surface area contributed by atoms with Crippen molar-refractivity contribution in [2.24, 2.45) is 0 Å². The van der Waals surface area contributed by atoms with E-state index in [2.05, 4.69) is 4.74 Å². The summed E-state index contributed by atoms with van der Waals surface area (Å²) in [4.78, 5) is 22.6. The van der Waals surface area contributed by atoms with E-state index in [0.29, 0.717) is 5.56 Å². The average Bonchev–Trinajstić information content (AvgIpc) is 3.11. The molecule has 0 radical (unpaired) electrons. The third-order valence-corrected chi connectivity index (χ3v) is 3.44. The van der Waals surface area contributed by atoms with Gasteiger partial charge in [0.2, 0.25) is 0 Å². The molecule has 1 aromatic carbocycles. The van der Waals surface area contributed by atoms with Gasteiger partial charge in [0, 0.05) is 5.56 Å². The maximum Gasteiger partial charge on any atom is 1.00 e. The second-order valence-electron chi connectivity index (χ2n) is 4.86. The Bertz CT molecular complexity index is 719. The monoisotopic (exact) mass is 345 g/mol. The minimum Gasteiger partial charge on any atom is -0.870 e. The first kappa shape index (κ1) is 17.2. The number of benzene rings is 1. The summed E-state index contributed by atoms with van der Waals surface area (Å²) in [5.41, 5.74) is 0.571. The standard InChI is InChI=1S/C15H14O8.Na/c1-20-13(18)7-2-4-8(5-3-7)15-21-6-9(22-15)12-10(16)11(17)14(19)23-12;/h2-5,9,12,15-17H,6H2,1H3;/q;+1/p-1/t9-,12+,15?;/m0./s1/i15D;. The zero-order valence-electron chi connectivity index (χ0n) is 14.0. The SMILES string of the molecule is [2H]C1(c2ccc(C(=O)OC)cc2)OC[C@@H]([C@H]2OC(=O)C(O)=C2[O-])O1.[Na+]. The smallest absolute Gasteiger partial charge is 0.870 e. The van der Waals surface area contributed by atoms with Crippen molar-refractivity contribution < 1.29 is 69.7 Å². The molecule has 1 fully saturated rings. The maximum atomic E-state index is 11.7. The van der Waals surface area contributed by atoms with E-state index < -0.39 is 41.9 Å². The Labute approximate surface area is 160 Å². The van der Waals surface area contributed by atoms with Crippen LogP contribution in [0.3, 0.4) is 0 Å². The van der Waals surface area contributed by atoms with Gasteiger partial charge >= 0.3 is 41.5 Å². The topological polar surface area (TPSA) is 114 Å². The maximum absolute atomic E-state index is 11.7. The molecule has 122 valence electrons. The number of carbonyl (C=O) groups excluding carboxylic acids is 2. The average molecular weight is 345 g/mol. The molecule has 24 heavy (non-hydrogen) atoms. The minimum absolute atomic E-state index is 0. The molecule has 1 aromatic rings. The van der Waals surface area contributed by atoms with E-state index in [9.17, 15) is 19.8 Å². The van der Waals surface area contributed by atoms with Crippen molar-refractivity contribution in [1.29, 1.82) is 0 Å². The van der Waals surface area contributed by atoms with Crippen molar-refractivity contribution in [2.75, 3.05) is 13.7 Å². The summed E-state index contributed by atoms with van der Waals surface area (Å²) in [6.45, 7) is -0.181. The van der Waals surface area contributed by atoms with Gasteiger partial charge in [-0.3, -0.25) is 0 Å². The molecule has 8 nitrogen and oxygen atoms in total. The van der Waals surface area contributed by atoms with Crippen LogP contribution in [0.2, 0.25) is 0 Å². The molecule has 3 rings (SSSR count). The van der Waals surface area contributed by atoms with Gasteiger partial charge < -0.3 is 29.2 Å². The van der Waals surface area contributed by atoms with E-state index >= 15 is 0 Å². The molecular formula is C15H13NaO8. The predicted molar refractivity (Wildman–Crippen MR) is 70.9 cm³/mol. The molecule has 2 aliphatic heterocycles. The number of aliphatic hydroxyl groups is 1. The van der Waals surface area contributed by atoms with E-state index in [1.807, 2.05) is 0 Å². The number of hydrogen-bond donors (Lipinski definition) is 1. The Kier molecular flexibility index (Phi) is 5.42. The summed E-state index contributed by atoms with van der Waals surface area (Å²) in [6, 6.07) is 5.79. The van der Waals surface area contributed by atoms with Crippen molar-refractivity contribution in [3.05, 3.63) is 46.9 Å². The molecule has 1 saturated heterocycles. The van der Waals surface area contributed by atoms with Gasteiger partial charge in [0.05, 0.1) is 20.7 Å². The number of methoxy groups -OCH3 is 1. The third-order valence-electron chi connectivity index (χ3n) is 3.44. The summed E-state index contributed by atoms with van der Waals surface area (Å²) >= 11 is 0. The van der Waals surface area contributed by atoms with Crippen LogP contribution in [0.5, 0.6) is 0 Å². The largest absolute Gasteiger partial charge is 1.00 e. The Balaban J connectivity index is 0.00000225. The van der Waals surface area contributed by atoms with E-state index in [1.165, 1.54) is 31.4 Å². The first-order valence-electron chi connectivity index (χ1n) is 7.17. The fourth-order valence-electron chi connectivity index (χ4n) is 2.23. The van der Waals surface area contributed by atoms with Crippen LogP contribution in [0.4, 0.5) is 0 Å². The van der Waals surface area contributed by atoms with Gasteiger partial charge in [-0.15, -0.1) is 0 Å². The van der Waals surface area contributed by atoms with Crippen LogP contribution in [0.15, 0.2) is 35.8 Å². The Morgan fingerprint density at radius 1 is 1.42 bits per heavy atom. The number of aliphatic hydroxyl groups excluding tert-OH is 1. The molecular weight excluding hydrogens is 331 g/mol. The number of cyclic esters (lactones) is 1. The van der Waals surface area contributed by atoms with Crippen molar-refractivity contribution in [2.45, 2.75) is 18.5 Å². The minimum atomic E-state index is -1.93. The van der Waals surface area contributed by atoms with E-state index in [4.69, 9.17) is 15.6 Å². The van der Waals surface area contributed by atoms with Crippen molar-refractivity contribution in [1.82, 2.24) is 0 Å². The molecule has 3 atom stereocenters. The third kappa shape index (κ3) is 3.42. The van der Waals surface area contributed by atoms with Gasteiger partial charge in [-0.05, 0) is 17.9 Å². The van der Waals surface area contributed by atoms with Gasteiger partial charge in [0.25, 0.3) is 0 Å². The molecule has 0 aromatic heterocycles. The molecule has 0 bridgehead atoms. The van der Waals surface area contributed by atoms with E-state index in [0.717, 1.165) is 0 Å². The van der Waals surface area contributed by atoms with Crippen LogP contribution >= 0.6 is 0 Å². The number of ether oxygens (including phenoxy) is 4. The van der Waals surface area contributed by atoms with Crippen LogP contribution in [0.1, 0.15) is 23.6 Å². The van der Waals surface area contributed by atoms with E-state index in [1.54, 1.807) is 0 Å². The Morgan fingerprint density at radius 3 is 2.62 bits per heavy atom. The molecule has 0 aliphatic carbocycles. The van der Waals surface area contributed by atoms with Crippen molar-refractivity contribution >= 4 is 11.9 Å². The Hall–Kier alpha value is -1.58. The van der Waals surface area contributed by atoms with Crippen LogP contribution in [0, 0.1) is 0 Å². The second kappa shape index (κ2) is 7.54. The number of hydrogen-bond acceptors (Lipinski definition) is 8. The predicted octanol–water partition coefficient (Wildman–Crippen LogP) is -3.05. The van der Waals surface area contributed by atoms with Crippen LogP contribution in [0.25, 0.3) is 0 Å². The number of carbonyl (C=O) groups is 2. The Morgan fingerprint density at radius 2 is 2.08 bits per heavy atom. The molecule has 0 amide bonds. The van der Waals surface area contributed by atoms with Gasteiger partial charge in [-0.25, -0.2) is 9.59 Å². The summed E-state index contributed by atoms with van der Waals surface area (Å²) in [5.74, 6) is -3.55. The summed E-state index contributed by atoms with van der Waals surface area (Å²) in [5, 5.41) is 21.0. The molecule has 2 aliphatic rings. The zero-order chi connectivity index (χ0) is 17.5. The first-order chi connectivity index (χ1) is 11.4. The summed E-state index contributed by atoms with van der Waals surface area (Å²) in [7, 11) is 1.25. The van der Waals surface area contributed by atoms with Crippen LogP contribution < -0.4 is 34.7 Å². The number of esters is 2. The summed E-state index contributed by atoms with van der Waals surface area (Å²) in [6.07, 6.45) is -4.30. The zero-order valence-corrected chi connectivity index (χ0v) is 15.0. The van der Waals surface area contributed by atoms with Crippen LogP contribution in [-0.4, -0.2) is 43.0 Å². The quantitative estimate of drug-likeness (QED) is 0.454. The van der Waals surface area contributed by atoms with Crippen LogP contribution in [-0.2, 0) is 23.7 Å². The van der Waals surface area contributed by atoms with Crippen molar-refractivity contribution in [3.8, 4) is 0 Å². The molecule has 1 N–H and O–H groups in total. The molecule has 0 saturated carbocycles. The molecule has 0 spiro atoms. The van der Waals surface area contributed by atoms with Gasteiger partial charge in [-0.1, -0.05) is 12.1 Å². The number of rotatable bonds is 3. The van der Waals surface area contributed by atoms with Gasteiger partial charge in [0.1, 0.15) is 12.2 Å². The van der Waals surface area contributed by atoms with Crippen molar-refractivity contribution in [3.63, 3.8) is 0 Å². The fourth-order valence-corrected chi connectivity index (χ4v) is 2.23. The molecule has 1 unspecified atom stereocenters. The van der Waals surface area contributed by atoms with Gasteiger partial charge in [-0.2, -0.15) is 0 Å². The fraction of sp³-hybridized carbons (Fsp3) is 0.333. The summed E-state index contributed by atoms with van der Waals surface area (Å²) < 4.78 is 28.3. The molecule has 9 heteroatoms. The molecule has 2 heterocycles.